The number of rotatable bonds is 6. The Kier molecular flexibility index (Phi) is 5.87. The van der Waals surface area contributed by atoms with Gasteiger partial charge in [-0.1, -0.05) is 12.8 Å². The molecule has 0 aromatic heterocycles. The van der Waals surface area contributed by atoms with Crippen molar-refractivity contribution in [2.24, 2.45) is 5.41 Å². The van der Waals surface area contributed by atoms with Crippen LogP contribution < -0.4 is 4.72 Å². The Morgan fingerprint density at radius 3 is 2.25 bits per heavy atom. The van der Waals surface area contributed by atoms with Crippen LogP contribution >= 0.6 is 0 Å². The monoisotopic (exact) mass is 368 g/mol. The van der Waals surface area contributed by atoms with E-state index >= 15 is 0 Å². The van der Waals surface area contributed by atoms with Crippen molar-refractivity contribution in [2.75, 3.05) is 20.2 Å². The zero-order valence-corrected chi connectivity index (χ0v) is 15.0. The summed E-state index contributed by atoms with van der Waals surface area (Å²) in [6, 6.07) is -1.60. The van der Waals surface area contributed by atoms with Gasteiger partial charge in [0.1, 0.15) is 6.04 Å². The lowest BCUT2D eigenvalue weighted by Crippen LogP contribution is -2.52. The van der Waals surface area contributed by atoms with Crippen LogP contribution in [0.5, 0.6) is 0 Å². The second-order valence-corrected chi connectivity index (χ2v) is 8.78. The molecule has 24 heavy (non-hydrogen) atoms. The van der Waals surface area contributed by atoms with Gasteiger partial charge in [-0.15, -0.1) is 0 Å². The van der Waals surface area contributed by atoms with Gasteiger partial charge in [-0.25, -0.2) is 8.78 Å². The molecule has 0 aromatic carbocycles. The second kappa shape index (κ2) is 7.21. The molecule has 0 amide bonds. The SMILES string of the molecule is COC(=O)[C@H](CC(C)(F)F)NS(=O)(=O)N1CCC2(CCCC2)CC1. The lowest BCUT2D eigenvalue weighted by atomic mass is 9.78. The van der Waals surface area contributed by atoms with Crippen LogP contribution in [0.25, 0.3) is 0 Å². The number of ether oxygens (including phenoxy) is 1. The summed E-state index contributed by atoms with van der Waals surface area (Å²) in [5.41, 5.74) is 0.240. The van der Waals surface area contributed by atoms with E-state index in [1.807, 2.05) is 0 Å². The molecule has 1 heterocycles. The number of esters is 1. The van der Waals surface area contributed by atoms with E-state index in [0.717, 1.165) is 32.8 Å². The van der Waals surface area contributed by atoms with Gasteiger partial charge in [-0.05, 0) is 38.0 Å². The second-order valence-electron chi connectivity index (χ2n) is 7.08. The maximum absolute atomic E-state index is 13.2. The Morgan fingerprint density at radius 2 is 1.79 bits per heavy atom. The number of hydrogen-bond acceptors (Lipinski definition) is 4. The van der Waals surface area contributed by atoms with Crippen molar-refractivity contribution in [2.45, 2.75) is 63.8 Å². The Morgan fingerprint density at radius 1 is 1.25 bits per heavy atom. The summed E-state index contributed by atoms with van der Waals surface area (Å²) in [5.74, 6) is -4.19. The molecular formula is C15H26F2N2O4S. The third-order valence-corrected chi connectivity index (χ3v) is 6.75. The summed E-state index contributed by atoms with van der Waals surface area (Å²) < 4.78 is 59.2. The Balaban J connectivity index is 2.01. The summed E-state index contributed by atoms with van der Waals surface area (Å²) in [6.45, 7) is 1.35. The highest BCUT2D eigenvalue weighted by Gasteiger charge is 2.41. The van der Waals surface area contributed by atoms with Crippen LogP contribution in [0.3, 0.4) is 0 Å². The largest absolute Gasteiger partial charge is 0.468 e. The minimum Gasteiger partial charge on any atom is -0.468 e. The number of nitrogens with zero attached hydrogens (tertiary/aromatic N) is 1. The highest BCUT2D eigenvalue weighted by molar-refractivity contribution is 7.87. The van der Waals surface area contributed by atoms with E-state index in [0.29, 0.717) is 20.0 Å². The molecule has 0 aromatic rings. The molecule has 140 valence electrons. The molecule has 1 saturated carbocycles. The number of carbonyl (C=O) groups is 1. The number of piperidine rings is 1. The van der Waals surface area contributed by atoms with Crippen LogP contribution in [0.1, 0.15) is 51.9 Å². The average Bonchev–Trinajstić information content (AvgIpc) is 2.92. The van der Waals surface area contributed by atoms with Crippen LogP contribution in [-0.4, -0.2) is 50.9 Å². The molecule has 2 aliphatic rings. The van der Waals surface area contributed by atoms with Gasteiger partial charge < -0.3 is 4.74 Å². The van der Waals surface area contributed by atoms with Gasteiger partial charge in [0.15, 0.2) is 0 Å². The molecule has 6 nitrogen and oxygen atoms in total. The van der Waals surface area contributed by atoms with E-state index in [-0.39, 0.29) is 5.41 Å². The fourth-order valence-corrected chi connectivity index (χ4v) is 5.11. The molecular weight excluding hydrogens is 342 g/mol. The van der Waals surface area contributed by atoms with Crippen molar-refractivity contribution in [1.82, 2.24) is 9.03 Å². The first-order valence-corrected chi connectivity index (χ1v) is 9.74. The van der Waals surface area contributed by atoms with E-state index < -0.39 is 34.6 Å². The maximum atomic E-state index is 13.2. The summed E-state index contributed by atoms with van der Waals surface area (Å²) >= 11 is 0. The van der Waals surface area contributed by atoms with Gasteiger partial charge in [0, 0.05) is 19.5 Å². The van der Waals surface area contributed by atoms with Gasteiger partial charge in [0.25, 0.3) is 10.2 Å². The zero-order chi connectivity index (χ0) is 18.0. The quantitative estimate of drug-likeness (QED) is 0.728. The van der Waals surface area contributed by atoms with Gasteiger partial charge in [0.05, 0.1) is 7.11 Å². The summed E-state index contributed by atoms with van der Waals surface area (Å²) in [7, 11) is -2.96. The predicted octanol–water partition coefficient (Wildman–Crippen LogP) is 2.06. The first kappa shape index (κ1) is 19.5. The minimum absolute atomic E-state index is 0.240. The van der Waals surface area contributed by atoms with Crippen molar-refractivity contribution >= 4 is 16.2 Å². The van der Waals surface area contributed by atoms with E-state index in [9.17, 15) is 22.0 Å². The average molecular weight is 368 g/mol. The van der Waals surface area contributed by atoms with E-state index in [1.165, 1.54) is 17.1 Å². The minimum atomic E-state index is -4.01. The van der Waals surface area contributed by atoms with E-state index in [4.69, 9.17) is 0 Å². The molecule has 2 rings (SSSR count). The summed E-state index contributed by atoms with van der Waals surface area (Å²) in [4.78, 5) is 11.7. The van der Waals surface area contributed by atoms with Gasteiger partial charge >= 0.3 is 5.97 Å². The summed E-state index contributed by atoms with van der Waals surface area (Å²) in [6.07, 6.45) is 5.24. The first-order chi connectivity index (χ1) is 11.1. The van der Waals surface area contributed by atoms with Crippen LogP contribution in [-0.2, 0) is 19.7 Å². The van der Waals surface area contributed by atoms with E-state index in [2.05, 4.69) is 9.46 Å². The number of methoxy groups -OCH3 is 1. The number of carbonyl (C=O) groups excluding carboxylic acids is 1. The van der Waals surface area contributed by atoms with Crippen molar-refractivity contribution in [1.29, 1.82) is 0 Å². The van der Waals surface area contributed by atoms with Gasteiger partial charge in [0.2, 0.25) is 5.92 Å². The van der Waals surface area contributed by atoms with Crippen LogP contribution in [0.4, 0.5) is 8.78 Å². The zero-order valence-electron chi connectivity index (χ0n) is 14.2. The molecule has 1 N–H and O–H groups in total. The summed E-state index contributed by atoms with van der Waals surface area (Å²) in [5, 5.41) is 0. The van der Waals surface area contributed by atoms with Crippen LogP contribution in [0, 0.1) is 5.41 Å². The molecule has 1 aliphatic carbocycles. The molecule has 1 saturated heterocycles. The van der Waals surface area contributed by atoms with Crippen molar-refractivity contribution in [3.8, 4) is 0 Å². The topological polar surface area (TPSA) is 75.7 Å². The first-order valence-electron chi connectivity index (χ1n) is 8.30. The number of nitrogens with one attached hydrogen (secondary N) is 1. The highest BCUT2D eigenvalue weighted by atomic mass is 32.2. The Hall–Kier alpha value is -0.800. The lowest BCUT2D eigenvalue weighted by Gasteiger charge is -2.39. The highest BCUT2D eigenvalue weighted by Crippen LogP contribution is 2.46. The standard InChI is InChI=1S/C15H26F2N2O4S/c1-14(16,17)11-12(13(20)23-2)18-24(21,22)19-9-7-15(8-10-19)5-3-4-6-15/h12,18H,3-11H2,1-2H3/t12-/m0/s1. The molecule has 0 unspecified atom stereocenters. The smallest absolute Gasteiger partial charge is 0.324 e. The van der Waals surface area contributed by atoms with Crippen molar-refractivity contribution in [3.05, 3.63) is 0 Å². The normalized spacial score (nSPS) is 23.3. The third-order valence-electron chi connectivity index (χ3n) is 5.13. The molecule has 9 heteroatoms. The Bertz CT molecular complexity index is 546. The van der Waals surface area contributed by atoms with Gasteiger partial charge in [-0.3, -0.25) is 4.79 Å². The number of alkyl halides is 2. The third kappa shape index (κ3) is 4.86. The van der Waals surface area contributed by atoms with Crippen LogP contribution in [0.15, 0.2) is 0 Å². The number of halogens is 2. The fourth-order valence-electron chi connectivity index (χ4n) is 3.75. The van der Waals surface area contributed by atoms with Crippen molar-refractivity contribution in [3.63, 3.8) is 0 Å². The molecule has 2 fully saturated rings. The van der Waals surface area contributed by atoms with Crippen molar-refractivity contribution < 1.29 is 26.7 Å². The van der Waals surface area contributed by atoms with Crippen LogP contribution in [0.2, 0.25) is 0 Å². The number of hydrogen-bond donors (Lipinski definition) is 1. The fraction of sp³-hybridized carbons (Fsp3) is 0.933. The molecule has 0 radical (unpaired) electrons. The molecule has 0 bridgehead atoms. The van der Waals surface area contributed by atoms with Gasteiger partial charge in [-0.2, -0.15) is 17.4 Å². The van der Waals surface area contributed by atoms with E-state index in [1.54, 1.807) is 0 Å². The molecule has 1 spiro atoms. The Labute approximate surface area is 142 Å². The predicted molar refractivity (Wildman–Crippen MR) is 84.8 cm³/mol. The molecule has 1 aliphatic heterocycles. The molecule has 1 atom stereocenters. The maximum Gasteiger partial charge on any atom is 0.324 e. The lowest BCUT2D eigenvalue weighted by molar-refractivity contribution is -0.145.